The molecule has 2 rings (SSSR count). The van der Waals surface area contributed by atoms with Crippen molar-refractivity contribution in [2.75, 3.05) is 19.5 Å². The molecule has 2 N–H and O–H groups in total. The molecule has 0 aliphatic heterocycles. The van der Waals surface area contributed by atoms with Gasteiger partial charge in [0.25, 0.3) is 0 Å². The maximum absolute atomic E-state index is 11.5. The highest BCUT2D eigenvalue weighted by Gasteiger charge is 2.07. The molecule has 2 amide bonds. The second kappa shape index (κ2) is 6.58. The Bertz CT molecular complexity index is 582. The van der Waals surface area contributed by atoms with Crippen molar-refractivity contribution in [3.05, 3.63) is 48.5 Å². The molecule has 0 radical (unpaired) electrons. The largest absolute Gasteiger partial charge is 0.497 e. The first-order valence-electron chi connectivity index (χ1n) is 6.08. The molecule has 5 nitrogen and oxygen atoms in total. The molecule has 20 heavy (non-hydrogen) atoms. The number of anilines is 1. The van der Waals surface area contributed by atoms with Crippen LogP contribution in [0.3, 0.4) is 0 Å². The number of ether oxygens (including phenoxy) is 1. The van der Waals surface area contributed by atoms with Gasteiger partial charge in [-0.1, -0.05) is 30.3 Å². The molecule has 0 bridgehead atoms. The van der Waals surface area contributed by atoms with Crippen molar-refractivity contribution in [3.63, 3.8) is 0 Å². The highest BCUT2D eigenvalue weighted by molar-refractivity contribution is 5.93. The molecule has 104 valence electrons. The van der Waals surface area contributed by atoms with E-state index in [1.165, 1.54) is 7.11 Å². The van der Waals surface area contributed by atoms with Crippen molar-refractivity contribution in [2.45, 2.75) is 0 Å². The fourth-order valence-electron chi connectivity index (χ4n) is 1.85. The van der Waals surface area contributed by atoms with E-state index in [1.807, 2.05) is 48.5 Å². The minimum Gasteiger partial charge on any atom is -0.497 e. The summed E-state index contributed by atoms with van der Waals surface area (Å²) in [6.45, 7) is 0. The Morgan fingerprint density at radius 1 is 1.00 bits per heavy atom. The third-order valence-electron chi connectivity index (χ3n) is 2.77. The summed E-state index contributed by atoms with van der Waals surface area (Å²) < 4.78 is 5.14. The molecule has 0 saturated heterocycles. The molecule has 5 heteroatoms. The van der Waals surface area contributed by atoms with Gasteiger partial charge >= 0.3 is 6.03 Å². The monoisotopic (exact) mass is 272 g/mol. The summed E-state index contributed by atoms with van der Waals surface area (Å²) in [6.07, 6.45) is 0. The topological polar surface area (TPSA) is 59.6 Å². The van der Waals surface area contributed by atoms with E-state index in [-0.39, 0.29) is 0 Å². The van der Waals surface area contributed by atoms with Gasteiger partial charge in [-0.3, -0.25) is 4.84 Å². The summed E-state index contributed by atoms with van der Waals surface area (Å²) in [5.74, 6) is 0.788. The average molecular weight is 272 g/mol. The van der Waals surface area contributed by atoms with Crippen molar-refractivity contribution in [3.8, 4) is 16.9 Å². The van der Waals surface area contributed by atoms with E-state index in [2.05, 4.69) is 15.6 Å². The van der Waals surface area contributed by atoms with Gasteiger partial charge in [-0.25, -0.2) is 10.3 Å². The van der Waals surface area contributed by atoms with E-state index in [9.17, 15) is 4.79 Å². The highest BCUT2D eigenvalue weighted by atomic mass is 16.6. The van der Waals surface area contributed by atoms with Gasteiger partial charge in [0.15, 0.2) is 0 Å². The maximum Gasteiger partial charge on any atom is 0.343 e. The fourth-order valence-corrected chi connectivity index (χ4v) is 1.85. The quantitative estimate of drug-likeness (QED) is 0.841. The average Bonchev–Trinajstić information content (AvgIpc) is 2.48. The standard InChI is InChI=1S/C15H16N2O3/c1-19-12-9-7-11(8-10-12)13-5-3-4-6-14(13)16-15(18)17-20-2/h3-10H,1-2H3,(H2,16,17,18). The molecule has 2 aromatic carbocycles. The number of hydrogen-bond donors (Lipinski definition) is 2. The Kier molecular flexibility index (Phi) is 4.57. The molecule has 0 unspecified atom stereocenters. The number of carbonyl (C=O) groups is 1. The van der Waals surface area contributed by atoms with Crippen LogP contribution in [0.5, 0.6) is 5.75 Å². The number of carbonyl (C=O) groups excluding carboxylic acids is 1. The summed E-state index contributed by atoms with van der Waals surface area (Å²) in [4.78, 5) is 16.1. The number of para-hydroxylation sites is 1. The lowest BCUT2D eigenvalue weighted by atomic mass is 10.0. The van der Waals surface area contributed by atoms with E-state index in [0.717, 1.165) is 16.9 Å². The van der Waals surface area contributed by atoms with Crippen LogP contribution in [0.2, 0.25) is 0 Å². The second-order valence-corrected chi connectivity index (χ2v) is 4.03. The van der Waals surface area contributed by atoms with E-state index >= 15 is 0 Å². The lowest BCUT2D eigenvalue weighted by Gasteiger charge is -2.11. The van der Waals surface area contributed by atoms with E-state index in [1.54, 1.807) is 7.11 Å². The Labute approximate surface area is 117 Å². The SMILES string of the molecule is CONC(=O)Nc1ccccc1-c1ccc(OC)cc1. The third-order valence-corrected chi connectivity index (χ3v) is 2.77. The van der Waals surface area contributed by atoms with Crippen molar-refractivity contribution in [1.82, 2.24) is 5.48 Å². The molecule has 0 aromatic heterocycles. The van der Waals surface area contributed by atoms with Crippen LogP contribution in [0.15, 0.2) is 48.5 Å². The number of nitrogens with one attached hydrogen (secondary N) is 2. The number of urea groups is 1. The number of benzene rings is 2. The number of rotatable bonds is 4. The minimum atomic E-state index is -0.423. The summed E-state index contributed by atoms with van der Waals surface area (Å²) in [5.41, 5.74) is 4.83. The number of hydroxylamine groups is 1. The second-order valence-electron chi connectivity index (χ2n) is 4.03. The molecule has 0 heterocycles. The van der Waals surface area contributed by atoms with Gasteiger partial charge in [0.1, 0.15) is 5.75 Å². The first-order chi connectivity index (χ1) is 9.74. The molecule has 0 saturated carbocycles. The van der Waals surface area contributed by atoms with Crippen molar-refractivity contribution in [2.24, 2.45) is 0 Å². The summed E-state index contributed by atoms with van der Waals surface area (Å²) in [5, 5.41) is 2.73. The normalized spacial score (nSPS) is 9.90. The minimum absolute atomic E-state index is 0.423. The van der Waals surface area contributed by atoms with Gasteiger partial charge in [0, 0.05) is 5.56 Å². The third kappa shape index (κ3) is 3.27. The molecular formula is C15H16N2O3. The fraction of sp³-hybridized carbons (Fsp3) is 0.133. The zero-order valence-electron chi connectivity index (χ0n) is 11.3. The van der Waals surface area contributed by atoms with Crippen LogP contribution < -0.4 is 15.5 Å². The Morgan fingerprint density at radius 3 is 2.35 bits per heavy atom. The van der Waals surface area contributed by atoms with Gasteiger partial charge in [0.05, 0.1) is 19.9 Å². The molecule has 0 spiro atoms. The Morgan fingerprint density at radius 2 is 1.70 bits per heavy atom. The molecular weight excluding hydrogens is 256 g/mol. The van der Waals surface area contributed by atoms with Crippen molar-refractivity contribution < 1.29 is 14.4 Å². The van der Waals surface area contributed by atoms with Crippen LogP contribution in [-0.2, 0) is 4.84 Å². The highest BCUT2D eigenvalue weighted by Crippen LogP contribution is 2.29. The molecule has 0 atom stereocenters. The van der Waals surface area contributed by atoms with Crippen LogP contribution in [0.25, 0.3) is 11.1 Å². The van der Waals surface area contributed by atoms with E-state index in [4.69, 9.17) is 4.74 Å². The van der Waals surface area contributed by atoms with Crippen molar-refractivity contribution in [1.29, 1.82) is 0 Å². The first-order valence-corrected chi connectivity index (χ1v) is 6.08. The van der Waals surface area contributed by atoms with Crippen LogP contribution in [0, 0.1) is 0 Å². The van der Waals surface area contributed by atoms with Crippen LogP contribution in [0.4, 0.5) is 10.5 Å². The number of amides is 2. The number of hydrogen-bond acceptors (Lipinski definition) is 3. The Hall–Kier alpha value is -2.53. The smallest absolute Gasteiger partial charge is 0.343 e. The summed E-state index contributed by atoms with van der Waals surface area (Å²) in [6, 6.07) is 14.7. The van der Waals surface area contributed by atoms with Gasteiger partial charge in [-0.05, 0) is 23.8 Å². The maximum atomic E-state index is 11.5. The lowest BCUT2D eigenvalue weighted by molar-refractivity contribution is 0.114. The molecule has 0 fully saturated rings. The van der Waals surface area contributed by atoms with E-state index < -0.39 is 6.03 Å². The molecule has 2 aromatic rings. The van der Waals surface area contributed by atoms with Gasteiger partial charge in [-0.2, -0.15) is 0 Å². The van der Waals surface area contributed by atoms with Gasteiger partial charge in [-0.15, -0.1) is 0 Å². The predicted octanol–water partition coefficient (Wildman–Crippen LogP) is 3.05. The van der Waals surface area contributed by atoms with E-state index in [0.29, 0.717) is 5.69 Å². The first kappa shape index (κ1) is 13.9. The molecule has 0 aliphatic carbocycles. The van der Waals surface area contributed by atoms with Crippen LogP contribution in [-0.4, -0.2) is 20.3 Å². The Balaban J connectivity index is 2.28. The van der Waals surface area contributed by atoms with Gasteiger partial charge < -0.3 is 10.1 Å². The number of methoxy groups -OCH3 is 1. The summed E-state index contributed by atoms with van der Waals surface area (Å²) >= 11 is 0. The van der Waals surface area contributed by atoms with Crippen molar-refractivity contribution >= 4 is 11.7 Å². The van der Waals surface area contributed by atoms with Crippen LogP contribution in [0.1, 0.15) is 0 Å². The van der Waals surface area contributed by atoms with Crippen LogP contribution >= 0.6 is 0 Å². The predicted molar refractivity (Wildman–Crippen MR) is 77.6 cm³/mol. The lowest BCUT2D eigenvalue weighted by Crippen LogP contribution is -2.27. The zero-order chi connectivity index (χ0) is 14.4. The molecule has 0 aliphatic rings. The van der Waals surface area contributed by atoms with Gasteiger partial charge in [0.2, 0.25) is 0 Å². The summed E-state index contributed by atoms with van der Waals surface area (Å²) in [7, 11) is 3.01. The zero-order valence-corrected chi connectivity index (χ0v) is 11.3.